The molecule has 24 heavy (non-hydrogen) atoms. The second kappa shape index (κ2) is 7.21. The van der Waals surface area contributed by atoms with Gasteiger partial charge in [0.1, 0.15) is 0 Å². The standard InChI is InChI=1S/C18H24N2O4/c1-23-15-8-7-12(11-16(15)24-2)17-13-5-3-4-6-14(13)18(22)20(19-17)9-10-21/h7-8,11,13-14,21H,3-6,9-10H2,1-2H3. The predicted molar refractivity (Wildman–Crippen MR) is 90.3 cm³/mol. The number of nitrogens with zero attached hydrogens (tertiary/aromatic N) is 2. The molecule has 1 aliphatic heterocycles. The van der Waals surface area contributed by atoms with Gasteiger partial charge >= 0.3 is 0 Å². The average Bonchev–Trinajstić information content (AvgIpc) is 2.63. The number of hydrazone groups is 1. The summed E-state index contributed by atoms with van der Waals surface area (Å²) in [5.41, 5.74) is 1.86. The lowest BCUT2D eigenvalue weighted by atomic mass is 9.73. The molecule has 1 aliphatic carbocycles. The first kappa shape index (κ1) is 16.8. The smallest absolute Gasteiger partial charge is 0.246 e. The topological polar surface area (TPSA) is 71.4 Å². The van der Waals surface area contributed by atoms with Crippen molar-refractivity contribution < 1.29 is 19.4 Å². The SMILES string of the molecule is COc1ccc(C2=NN(CCO)C(=O)C3CCCCC23)cc1OC. The van der Waals surface area contributed by atoms with Crippen LogP contribution < -0.4 is 9.47 Å². The van der Waals surface area contributed by atoms with Crippen LogP contribution in [0.4, 0.5) is 0 Å². The predicted octanol–water partition coefficient (Wildman–Crippen LogP) is 2.05. The molecule has 1 N–H and O–H groups in total. The van der Waals surface area contributed by atoms with Crippen LogP contribution in [-0.2, 0) is 4.79 Å². The van der Waals surface area contributed by atoms with E-state index in [1.165, 1.54) is 5.01 Å². The highest BCUT2D eigenvalue weighted by molar-refractivity contribution is 6.07. The quantitative estimate of drug-likeness (QED) is 0.896. The largest absolute Gasteiger partial charge is 0.493 e. The van der Waals surface area contributed by atoms with Crippen molar-refractivity contribution in [2.24, 2.45) is 16.9 Å². The van der Waals surface area contributed by atoms with Gasteiger partial charge in [-0.3, -0.25) is 4.79 Å². The van der Waals surface area contributed by atoms with Crippen LogP contribution in [0.15, 0.2) is 23.3 Å². The van der Waals surface area contributed by atoms with Crippen molar-refractivity contribution in [2.45, 2.75) is 25.7 Å². The van der Waals surface area contributed by atoms with Gasteiger partial charge in [-0.15, -0.1) is 0 Å². The molecule has 3 rings (SSSR count). The first-order valence-corrected chi connectivity index (χ1v) is 8.42. The van der Waals surface area contributed by atoms with Crippen molar-refractivity contribution in [1.82, 2.24) is 5.01 Å². The minimum atomic E-state index is -0.0914. The first-order valence-electron chi connectivity index (χ1n) is 8.42. The molecule has 0 bridgehead atoms. The number of carbonyl (C=O) groups excluding carboxylic acids is 1. The summed E-state index contributed by atoms with van der Waals surface area (Å²) < 4.78 is 10.7. The van der Waals surface area contributed by atoms with Crippen LogP contribution in [0.3, 0.4) is 0 Å². The number of hydrogen-bond donors (Lipinski definition) is 1. The number of carbonyl (C=O) groups is 1. The number of aliphatic hydroxyl groups excluding tert-OH is 1. The zero-order chi connectivity index (χ0) is 17.1. The summed E-state index contributed by atoms with van der Waals surface area (Å²) in [7, 11) is 3.21. The summed E-state index contributed by atoms with van der Waals surface area (Å²) in [6.45, 7) is 0.144. The molecule has 6 nitrogen and oxygen atoms in total. The van der Waals surface area contributed by atoms with Crippen LogP contribution in [0.2, 0.25) is 0 Å². The number of methoxy groups -OCH3 is 2. The maximum Gasteiger partial charge on any atom is 0.246 e. The van der Waals surface area contributed by atoms with Crippen molar-refractivity contribution in [3.05, 3.63) is 23.8 Å². The number of fused-ring (bicyclic) bond motifs is 1. The van der Waals surface area contributed by atoms with Gasteiger partial charge in [-0.25, -0.2) is 5.01 Å². The van der Waals surface area contributed by atoms with Crippen LogP contribution in [-0.4, -0.2) is 49.1 Å². The van der Waals surface area contributed by atoms with Gasteiger partial charge in [0.05, 0.1) is 33.1 Å². The van der Waals surface area contributed by atoms with E-state index in [0.717, 1.165) is 37.0 Å². The Morgan fingerprint density at radius 2 is 1.88 bits per heavy atom. The summed E-state index contributed by atoms with van der Waals surface area (Å²) in [5, 5.41) is 15.3. The van der Waals surface area contributed by atoms with E-state index in [0.29, 0.717) is 11.5 Å². The number of rotatable bonds is 5. The van der Waals surface area contributed by atoms with Gasteiger partial charge in [-0.2, -0.15) is 5.10 Å². The molecule has 0 saturated heterocycles. The molecule has 1 aromatic rings. The molecular formula is C18H24N2O4. The van der Waals surface area contributed by atoms with Crippen LogP contribution in [0, 0.1) is 11.8 Å². The number of β-amino-alcohol motifs (C(OH)–C–C–N with tert-alkyl or cyclic N) is 1. The molecule has 130 valence electrons. The zero-order valence-electron chi connectivity index (χ0n) is 14.2. The summed E-state index contributed by atoms with van der Waals surface area (Å²) in [6.07, 6.45) is 4.04. The van der Waals surface area contributed by atoms with E-state index in [4.69, 9.17) is 9.47 Å². The van der Waals surface area contributed by atoms with Crippen molar-refractivity contribution >= 4 is 11.6 Å². The Bertz CT molecular complexity index is 644. The third-order valence-corrected chi connectivity index (χ3v) is 4.91. The molecule has 0 radical (unpaired) electrons. The number of hydrogen-bond acceptors (Lipinski definition) is 5. The van der Waals surface area contributed by atoms with E-state index in [9.17, 15) is 9.90 Å². The highest BCUT2D eigenvalue weighted by Crippen LogP contribution is 2.38. The maximum absolute atomic E-state index is 12.6. The Balaban J connectivity index is 2.02. The molecule has 2 atom stereocenters. The van der Waals surface area contributed by atoms with Crippen molar-refractivity contribution in [3.8, 4) is 11.5 Å². The van der Waals surface area contributed by atoms with Gasteiger partial charge < -0.3 is 14.6 Å². The monoisotopic (exact) mass is 332 g/mol. The molecule has 0 aromatic heterocycles. The summed E-state index contributed by atoms with van der Waals surface area (Å²) >= 11 is 0. The fourth-order valence-corrected chi connectivity index (χ4v) is 3.72. The second-order valence-corrected chi connectivity index (χ2v) is 6.24. The summed E-state index contributed by atoms with van der Waals surface area (Å²) in [5.74, 6) is 1.46. The number of aliphatic hydroxyl groups is 1. The highest BCUT2D eigenvalue weighted by Gasteiger charge is 2.41. The lowest BCUT2D eigenvalue weighted by Gasteiger charge is -2.38. The third-order valence-electron chi connectivity index (χ3n) is 4.91. The summed E-state index contributed by atoms with van der Waals surface area (Å²) in [4.78, 5) is 12.6. The van der Waals surface area contributed by atoms with E-state index in [-0.39, 0.29) is 30.9 Å². The van der Waals surface area contributed by atoms with Crippen molar-refractivity contribution in [3.63, 3.8) is 0 Å². The molecule has 1 heterocycles. The Morgan fingerprint density at radius 3 is 2.54 bits per heavy atom. The molecule has 2 aliphatic rings. The molecule has 1 aromatic carbocycles. The van der Waals surface area contributed by atoms with Gasteiger partial charge in [0.2, 0.25) is 5.91 Å². The number of ether oxygens (including phenoxy) is 2. The number of amides is 1. The lowest BCUT2D eigenvalue weighted by molar-refractivity contribution is -0.139. The van der Waals surface area contributed by atoms with Crippen molar-refractivity contribution in [1.29, 1.82) is 0 Å². The molecule has 0 spiro atoms. The van der Waals surface area contributed by atoms with E-state index in [2.05, 4.69) is 5.10 Å². The van der Waals surface area contributed by atoms with Gasteiger partial charge in [0.25, 0.3) is 0 Å². The van der Waals surface area contributed by atoms with Gasteiger partial charge in [0, 0.05) is 17.4 Å². The Kier molecular flexibility index (Phi) is 5.04. The minimum Gasteiger partial charge on any atom is -0.493 e. The van der Waals surface area contributed by atoms with E-state index in [1.807, 2.05) is 18.2 Å². The average molecular weight is 332 g/mol. The number of benzene rings is 1. The normalized spacial score (nSPS) is 23.5. The lowest BCUT2D eigenvalue weighted by Crippen LogP contribution is -2.46. The molecule has 1 fully saturated rings. The van der Waals surface area contributed by atoms with E-state index >= 15 is 0 Å². The molecular weight excluding hydrogens is 308 g/mol. The van der Waals surface area contributed by atoms with E-state index in [1.54, 1.807) is 14.2 Å². The zero-order valence-corrected chi connectivity index (χ0v) is 14.2. The Morgan fingerprint density at radius 1 is 1.17 bits per heavy atom. The second-order valence-electron chi connectivity index (χ2n) is 6.24. The third kappa shape index (κ3) is 2.98. The van der Waals surface area contributed by atoms with Crippen LogP contribution in [0.1, 0.15) is 31.2 Å². The van der Waals surface area contributed by atoms with Crippen molar-refractivity contribution in [2.75, 3.05) is 27.4 Å². The molecule has 1 saturated carbocycles. The van der Waals surface area contributed by atoms with Crippen LogP contribution in [0.25, 0.3) is 0 Å². The van der Waals surface area contributed by atoms with E-state index < -0.39 is 0 Å². The Hall–Kier alpha value is -2.08. The molecule has 1 amide bonds. The Labute approximate surface area is 142 Å². The van der Waals surface area contributed by atoms with Crippen LogP contribution >= 0.6 is 0 Å². The van der Waals surface area contributed by atoms with Gasteiger partial charge in [-0.1, -0.05) is 12.8 Å². The van der Waals surface area contributed by atoms with Gasteiger partial charge in [-0.05, 0) is 31.0 Å². The fraction of sp³-hybridized carbons (Fsp3) is 0.556. The first-order chi connectivity index (χ1) is 11.7. The molecule has 2 unspecified atom stereocenters. The fourth-order valence-electron chi connectivity index (χ4n) is 3.72. The van der Waals surface area contributed by atoms with Gasteiger partial charge in [0.15, 0.2) is 11.5 Å². The minimum absolute atomic E-state index is 0.0362. The van der Waals surface area contributed by atoms with Crippen LogP contribution in [0.5, 0.6) is 11.5 Å². The summed E-state index contributed by atoms with van der Waals surface area (Å²) in [6, 6.07) is 5.73. The maximum atomic E-state index is 12.6. The highest BCUT2D eigenvalue weighted by atomic mass is 16.5. The molecule has 6 heteroatoms.